The fraction of sp³-hybridized carbons (Fsp3) is 0.500. The molecular formula is C8H13N3O2S2. The van der Waals surface area contributed by atoms with E-state index in [1.54, 1.807) is 0 Å². The van der Waals surface area contributed by atoms with Crippen LogP contribution in [0.1, 0.15) is 5.56 Å². The average molecular weight is 247 g/mol. The molecular weight excluding hydrogens is 234 g/mol. The SMILES string of the molecule is CSc1nc(S(C)(=O)=O)ncc1CCN. The van der Waals surface area contributed by atoms with Crippen LogP contribution in [-0.4, -0.2) is 37.4 Å². The lowest BCUT2D eigenvalue weighted by Crippen LogP contribution is -2.09. The molecule has 0 unspecified atom stereocenters. The Bertz CT molecular complexity index is 445. The second-order valence-electron chi connectivity index (χ2n) is 3.00. The van der Waals surface area contributed by atoms with Gasteiger partial charge >= 0.3 is 0 Å². The average Bonchev–Trinajstić information content (AvgIpc) is 2.17. The van der Waals surface area contributed by atoms with Crippen molar-refractivity contribution in [2.75, 3.05) is 19.1 Å². The van der Waals surface area contributed by atoms with E-state index in [0.717, 1.165) is 11.8 Å². The first-order chi connectivity index (χ1) is 6.99. The zero-order chi connectivity index (χ0) is 11.5. The number of hydrogen-bond donors (Lipinski definition) is 1. The zero-order valence-corrected chi connectivity index (χ0v) is 10.2. The monoisotopic (exact) mass is 247 g/mol. The summed E-state index contributed by atoms with van der Waals surface area (Å²) in [6.45, 7) is 0.495. The van der Waals surface area contributed by atoms with Crippen LogP contribution in [-0.2, 0) is 16.3 Å². The van der Waals surface area contributed by atoms with Crippen molar-refractivity contribution >= 4 is 21.6 Å². The second kappa shape index (κ2) is 4.91. The third kappa shape index (κ3) is 3.15. The van der Waals surface area contributed by atoms with Crippen LogP contribution in [0.5, 0.6) is 0 Å². The number of thioether (sulfide) groups is 1. The van der Waals surface area contributed by atoms with Crippen LogP contribution >= 0.6 is 11.8 Å². The van der Waals surface area contributed by atoms with Crippen LogP contribution in [0.3, 0.4) is 0 Å². The Kier molecular flexibility index (Phi) is 4.06. The Hall–Kier alpha value is -0.660. The summed E-state index contributed by atoms with van der Waals surface area (Å²) in [7, 11) is -3.33. The van der Waals surface area contributed by atoms with Gasteiger partial charge in [-0.05, 0) is 19.2 Å². The van der Waals surface area contributed by atoms with E-state index in [9.17, 15) is 8.42 Å². The van der Waals surface area contributed by atoms with Crippen molar-refractivity contribution in [2.45, 2.75) is 16.6 Å². The molecule has 0 spiro atoms. The molecule has 0 aliphatic heterocycles. The summed E-state index contributed by atoms with van der Waals surface area (Å²) in [4.78, 5) is 7.80. The minimum atomic E-state index is -3.33. The topological polar surface area (TPSA) is 85.9 Å². The molecule has 0 atom stereocenters. The highest BCUT2D eigenvalue weighted by molar-refractivity contribution is 7.98. The normalized spacial score (nSPS) is 11.7. The number of sulfone groups is 1. The van der Waals surface area contributed by atoms with Crippen LogP contribution < -0.4 is 5.73 Å². The molecule has 0 bridgehead atoms. The molecule has 1 heterocycles. The van der Waals surface area contributed by atoms with Crippen molar-refractivity contribution in [1.82, 2.24) is 9.97 Å². The summed E-state index contributed by atoms with van der Waals surface area (Å²) in [5.74, 6) is 0. The highest BCUT2D eigenvalue weighted by Crippen LogP contribution is 2.18. The predicted molar refractivity (Wildman–Crippen MR) is 59.7 cm³/mol. The molecule has 84 valence electrons. The summed E-state index contributed by atoms with van der Waals surface area (Å²) in [6.07, 6.45) is 5.12. The van der Waals surface area contributed by atoms with Crippen LogP contribution in [0, 0.1) is 0 Å². The van der Waals surface area contributed by atoms with Gasteiger partial charge in [-0.3, -0.25) is 0 Å². The minimum absolute atomic E-state index is 0.132. The smallest absolute Gasteiger partial charge is 0.247 e. The van der Waals surface area contributed by atoms with Crippen molar-refractivity contribution in [1.29, 1.82) is 0 Å². The highest BCUT2D eigenvalue weighted by Gasteiger charge is 2.13. The summed E-state index contributed by atoms with van der Waals surface area (Å²) in [5, 5.41) is 0.545. The molecule has 1 rings (SSSR count). The molecule has 1 aromatic heterocycles. The Labute approximate surface area is 93.4 Å². The van der Waals surface area contributed by atoms with Gasteiger partial charge in [-0.25, -0.2) is 18.4 Å². The second-order valence-corrected chi connectivity index (χ2v) is 5.70. The van der Waals surface area contributed by atoms with Crippen molar-refractivity contribution in [2.24, 2.45) is 5.73 Å². The third-order valence-electron chi connectivity index (χ3n) is 1.74. The summed E-state index contributed by atoms with van der Waals surface area (Å²) in [5.41, 5.74) is 6.31. The van der Waals surface area contributed by atoms with Gasteiger partial charge in [0.15, 0.2) is 0 Å². The Balaban J connectivity index is 3.19. The van der Waals surface area contributed by atoms with Gasteiger partial charge in [0.25, 0.3) is 0 Å². The predicted octanol–water partition coefficient (Wildman–Crippen LogP) is 0.103. The van der Waals surface area contributed by atoms with E-state index >= 15 is 0 Å². The summed E-state index contributed by atoms with van der Waals surface area (Å²) >= 11 is 1.39. The van der Waals surface area contributed by atoms with E-state index in [0.29, 0.717) is 18.0 Å². The van der Waals surface area contributed by atoms with Crippen molar-refractivity contribution < 1.29 is 8.42 Å². The van der Waals surface area contributed by atoms with E-state index in [1.807, 2.05) is 6.26 Å². The van der Waals surface area contributed by atoms with Gasteiger partial charge in [-0.15, -0.1) is 11.8 Å². The van der Waals surface area contributed by atoms with Crippen LogP contribution in [0.2, 0.25) is 0 Å². The first-order valence-corrected chi connectivity index (χ1v) is 7.40. The molecule has 5 nitrogen and oxygen atoms in total. The van der Waals surface area contributed by atoms with Gasteiger partial charge in [0, 0.05) is 18.0 Å². The maximum Gasteiger partial charge on any atom is 0.247 e. The molecule has 0 aliphatic carbocycles. The molecule has 2 N–H and O–H groups in total. The van der Waals surface area contributed by atoms with Crippen LogP contribution in [0.15, 0.2) is 16.4 Å². The maximum absolute atomic E-state index is 11.2. The van der Waals surface area contributed by atoms with Gasteiger partial charge in [-0.1, -0.05) is 0 Å². The standard InChI is InChI=1S/C8H13N3O2S2/c1-14-7-6(3-4-9)5-10-8(11-7)15(2,12)13/h5H,3-4,9H2,1-2H3. The molecule has 0 aromatic carbocycles. The Morgan fingerprint density at radius 2 is 2.20 bits per heavy atom. The van der Waals surface area contributed by atoms with Gasteiger partial charge < -0.3 is 5.73 Å². The molecule has 0 fully saturated rings. The van der Waals surface area contributed by atoms with E-state index < -0.39 is 9.84 Å². The lowest BCUT2D eigenvalue weighted by molar-refractivity contribution is 0.590. The number of rotatable bonds is 4. The summed E-state index contributed by atoms with van der Waals surface area (Å²) in [6, 6.07) is 0. The molecule has 15 heavy (non-hydrogen) atoms. The molecule has 0 saturated carbocycles. The van der Waals surface area contributed by atoms with E-state index in [2.05, 4.69) is 9.97 Å². The Morgan fingerprint density at radius 1 is 1.53 bits per heavy atom. The van der Waals surface area contributed by atoms with Crippen molar-refractivity contribution in [3.05, 3.63) is 11.8 Å². The van der Waals surface area contributed by atoms with Gasteiger partial charge in [-0.2, -0.15) is 0 Å². The van der Waals surface area contributed by atoms with E-state index in [4.69, 9.17) is 5.73 Å². The highest BCUT2D eigenvalue weighted by atomic mass is 32.2. The van der Waals surface area contributed by atoms with Crippen molar-refractivity contribution in [3.8, 4) is 0 Å². The number of nitrogens with two attached hydrogens (primary N) is 1. The zero-order valence-electron chi connectivity index (χ0n) is 8.60. The molecule has 0 amide bonds. The Morgan fingerprint density at radius 3 is 2.67 bits per heavy atom. The number of aromatic nitrogens is 2. The minimum Gasteiger partial charge on any atom is -0.330 e. The first-order valence-electron chi connectivity index (χ1n) is 4.29. The molecule has 0 saturated heterocycles. The fourth-order valence-electron chi connectivity index (χ4n) is 1.06. The molecule has 7 heteroatoms. The largest absolute Gasteiger partial charge is 0.330 e. The third-order valence-corrected chi connectivity index (χ3v) is 3.34. The van der Waals surface area contributed by atoms with Gasteiger partial charge in [0.2, 0.25) is 15.0 Å². The maximum atomic E-state index is 11.2. The molecule has 0 aliphatic rings. The first kappa shape index (κ1) is 12.4. The van der Waals surface area contributed by atoms with Crippen LogP contribution in [0.25, 0.3) is 0 Å². The van der Waals surface area contributed by atoms with E-state index in [1.165, 1.54) is 18.0 Å². The lowest BCUT2D eigenvalue weighted by atomic mass is 10.2. The number of nitrogens with zero attached hydrogens (tertiary/aromatic N) is 2. The fourth-order valence-corrected chi connectivity index (χ4v) is 2.21. The van der Waals surface area contributed by atoms with Gasteiger partial charge in [0.05, 0.1) is 0 Å². The van der Waals surface area contributed by atoms with Gasteiger partial charge in [0.1, 0.15) is 5.03 Å². The quantitative estimate of drug-likeness (QED) is 0.461. The molecule has 1 aromatic rings. The van der Waals surface area contributed by atoms with E-state index in [-0.39, 0.29) is 5.16 Å². The number of hydrogen-bond acceptors (Lipinski definition) is 6. The van der Waals surface area contributed by atoms with Crippen molar-refractivity contribution in [3.63, 3.8) is 0 Å². The lowest BCUT2D eigenvalue weighted by Gasteiger charge is -2.05. The summed E-state index contributed by atoms with van der Waals surface area (Å²) < 4.78 is 22.4. The molecule has 0 radical (unpaired) electrons. The van der Waals surface area contributed by atoms with Crippen LogP contribution in [0.4, 0.5) is 0 Å².